The largest absolute Gasteiger partial charge is 0.508 e. The molecule has 0 heterocycles. The number of carbonyl (C=O) groups is 7. The average molecular weight is 750 g/mol. The predicted molar refractivity (Wildman–Crippen MR) is 192 cm³/mol. The summed E-state index contributed by atoms with van der Waals surface area (Å²) in [6, 6.07) is -2.06. The number of nitrogens with one attached hydrogen (secondary N) is 5. The number of benzene rings is 1. The van der Waals surface area contributed by atoms with Crippen molar-refractivity contribution in [1.82, 2.24) is 26.6 Å². The molecule has 0 aromatic heterocycles. The number of phenols is 1. The van der Waals surface area contributed by atoms with Crippen LogP contribution in [0.1, 0.15) is 51.5 Å². The molecule has 6 atom stereocenters. The lowest BCUT2D eigenvalue weighted by Crippen LogP contribution is -2.58. The smallest absolute Gasteiger partial charge is 0.326 e. The van der Waals surface area contributed by atoms with Crippen LogP contribution in [0.5, 0.6) is 5.75 Å². The van der Waals surface area contributed by atoms with E-state index >= 15 is 0 Å². The molecular formula is C31H51N13O9. The number of rotatable bonds is 23. The van der Waals surface area contributed by atoms with Crippen molar-refractivity contribution in [3.05, 3.63) is 29.8 Å². The number of carboxylic acid groups (broad SMARTS) is 1. The van der Waals surface area contributed by atoms with Crippen molar-refractivity contribution in [2.24, 2.45) is 44.4 Å². The third-order valence-electron chi connectivity index (χ3n) is 7.41. The molecule has 0 fully saturated rings. The number of aliphatic carboxylic acids is 1. The fraction of sp³-hybridized carbons (Fsp3) is 0.516. The second kappa shape index (κ2) is 22.6. The number of carbonyl (C=O) groups excluding carboxylic acids is 6. The molecule has 0 aliphatic heterocycles. The molecule has 0 radical (unpaired) electrons. The van der Waals surface area contributed by atoms with Crippen LogP contribution >= 0.6 is 0 Å². The van der Waals surface area contributed by atoms with Crippen molar-refractivity contribution in [2.45, 2.75) is 88.6 Å². The highest BCUT2D eigenvalue weighted by molar-refractivity contribution is 5.96. The molecule has 0 saturated heterocycles. The van der Waals surface area contributed by atoms with Gasteiger partial charge in [0.15, 0.2) is 11.9 Å². The predicted octanol–water partition coefficient (Wildman–Crippen LogP) is -5.21. The van der Waals surface area contributed by atoms with Gasteiger partial charge in [-0.1, -0.05) is 12.1 Å². The van der Waals surface area contributed by atoms with Crippen LogP contribution < -0.4 is 61.0 Å². The number of guanidine groups is 2. The van der Waals surface area contributed by atoms with Crippen molar-refractivity contribution in [3.63, 3.8) is 0 Å². The quantitative estimate of drug-likeness (QED) is 0.0283. The first kappa shape index (κ1) is 44.8. The van der Waals surface area contributed by atoms with Gasteiger partial charge in [-0.2, -0.15) is 0 Å². The summed E-state index contributed by atoms with van der Waals surface area (Å²) in [5, 5.41) is 31.5. The van der Waals surface area contributed by atoms with Gasteiger partial charge in [0.1, 0.15) is 36.0 Å². The van der Waals surface area contributed by atoms with E-state index < -0.39 is 84.1 Å². The van der Waals surface area contributed by atoms with Crippen molar-refractivity contribution < 1.29 is 43.8 Å². The van der Waals surface area contributed by atoms with E-state index in [4.69, 9.17) is 34.4 Å². The highest BCUT2D eigenvalue weighted by Gasteiger charge is 2.31. The molecule has 1 aromatic carbocycles. The second-order valence-corrected chi connectivity index (χ2v) is 12.0. The standard InChI is InChI=1S/C31H51N13O9/c1-15(40-26(49)19(32)14-23(33)46)25(48)44-22(13-17-7-9-18(45)10-8-17)28(51)41-16(2)24(47)42-20(5-3-11-38-30(34)35)27(50)43-21(29(52)53)6-4-12-39-31(36)37/h7-10,15-16,19-22,45H,3-6,11-14,32H2,1-2H3,(H2,33,46)(H,40,49)(H,41,51)(H,42,47)(H,43,50)(H,44,48)(H,52,53)(H4,34,35,38)(H4,36,37,39)/t15-,16-,19-,20-,21-,22-/m0/s1. The third kappa shape index (κ3) is 18.0. The Morgan fingerprint density at radius 3 is 1.55 bits per heavy atom. The maximum atomic E-state index is 13.5. The number of amides is 6. The maximum Gasteiger partial charge on any atom is 0.326 e. The number of nitrogens with zero attached hydrogens (tertiary/aromatic N) is 2. The molecule has 0 saturated carbocycles. The molecule has 19 N–H and O–H groups in total. The van der Waals surface area contributed by atoms with Crippen LogP contribution in [0.2, 0.25) is 0 Å². The highest BCUT2D eigenvalue weighted by Crippen LogP contribution is 2.12. The molecule has 0 aliphatic rings. The Labute approximate surface area is 305 Å². The Balaban J connectivity index is 3.13. The van der Waals surface area contributed by atoms with Crippen LogP contribution in [-0.2, 0) is 40.0 Å². The molecule has 0 bridgehead atoms. The number of primary amides is 1. The fourth-order valence-corrected chi connectivity index (χ4v) is 4.55. The Morgan fingerprint density at radius 1 is 0.642 bits per heavy atom. The van der Waals surface area contributed by atoms with E-state index in [0.29, 0.717) is 5.56 Å². The van der Waals surface area contributed by atoms with E-state index in [2.05, 4.69) is 36.6 Å². The van der Waals surface area contributed by atoms with Crippen molar-refractivity contribution >= 4 is 53.3 Å². The van der Waals surface area contributed by atoms with Gasteiger partial charge < -0.3 is 71.2 Å². The zero-order valence-corrected chi connectivity index (χ0v) is 29.5. The molecule has 294 valence electrons. The number of aromatic hydroxyl groups is 1. The van der Waals surface area contributed by atoms with Crippen LogP contribution in [0.4, 0.5) is 0 Å². The van der Waals surface area contributed by atoms with Crippen LogP contribution in [0.25, 0.3) is 0 Å². The van der Waals surface area contributed by atoms with Crippen molar-refractivity contribution in [3.8, 4) is 5.75 Å². The zero-order valence-electron chi connectivity index (χ0n) is 29.5. The first-order valence-electron chi connectivity index (χ1n) is 16.5. The van der Waals surface area contributed by atoms with Gasteiger partial charge in [0, 0.05) is 19.5 Å². The van der Waals surface area contributed by atoms with Crippen molar-refractivity contribution in [1.29, 1.82) is 0 Å². The summed E-state index contributed by atoms with van der Waals surface area (Å²) in [4.78, 5) is 96.0. The molecular weight excluding hydrogens is 698 g/mol. The summed E-state index contributed by atoms with van der Waals surface area (Å²) in [5.41, 5.74) is 32.5. The average Bonchev–Trinajstić information content (AvgIpc) is 3.06. The van der Waals surface area contributed by atoms with Gasteiger partial charge in [0.2, 0.25) is 35.4 Å². The van der Waals surface area contributed by atoms with E-state index in [0.717, 1.165) is 0 Å². The number of hydrogen-bond acceptors (Lipinski definition) is 11. The minimum Gasteiger partial charge on any atom is -0.508 e. The Morgan fingerprint density at radius 2 is 1.08 bits per heavy atom. The lowest BCUT2D eigenvalue weighted by Gasteiger charge is -2.25. The summed E-state index contributed by atoms with van der Waals surface area (Å²) in [5.74, 6) is -6.75. The Hall–Kier alpha value is -6.19. The maximum absolute atomic E-state index is 13.5. The molecule has 0 unspecified atom stereocenters. The van der Waals surface area contributed by atoms with Gasteiger partial charge in [-0.15, -0.1) is 0 Å². The van der Waals surface area contributed by atoms with Crippen molar-refractivity contribution in [2.75, 3.05) is 13.1 Å². The lowest BCUT2D eigenvalue weighted by molar-refractivity contribution is -0.142. The zero-order chi connectivity index (χ0) is 40.2. The number of hydrogen-bond donors (Lipinski definition) is 13. The summed E-state index contributed by atoms with van der Waals surface area (Å²) in [7, 11) is 0. The van der Waals surface area contributed by atoms with Gasteiger partial charge in [-0.05, 0) is 57.2 Å². The molecule has 0 aliphatic carbocycles. The van der Waals surface area contributed by atoms with Gasteiger partial charge in [0.05, 0.1) is 12.5 Å². The summed E-state index contributed by atoms with van der Waals surface area (Å²) < 4.78 is 0. The fourth-order valence-electron chi connectivity index (χ4n) is 4.55. The monoisotopic (exact) mass is 749 g/mol. The molecule has 22 heteroatoms. The topological polar surface area (TPSA) is 401 Å². The minimum absolute atomic E-state index is 0.0262. The number of nitrogens with two attached hydrogens (primary N) is 6. The first-order chi connectivity index (χ1) is 24.8. The highest BCUT2D eigenvalue weighted by atomic mass is 16.4. The number of carboxylic acids is 1. The summed E-state index contributed by atoms with van der Waals surface area (Å²) in [6.07, 6.45) is -0.232. The number of aliphatic imine (C=N–C) groups is 2. The molecule has 1 aromatic rings. The second-order valence-electron chi connectivity index (χ2n) is 12.0. The lowest BCUT2D eigenvalue weighted by atomic mass is 10.0. The third-order valence-corrected chi connectivity index (χ3v) is 7.41. The van der Waals surface area contributed by atoms with E-state index in [1.54, 1.807) is 0 Å². The van der Waals surface area contributed by atoms with Gasteiger partial charge >= 0.3 is 5.97 Å². The molecule has 6 amide bonds. The van der Waals surface area contributed by atoms with Gasteiger partial charge in [-0.3, -0.25) is 38.8 Å². The number of phenolic OH excluding ortho intramolecular Hbond substituents is 1. The Kier molecular flexibility index (Phi) is 19.1. The SMILES string of the molecule is C[C@H](NC(=O)[C@H](Cc1ccc(O)cc1)NC(=O)[C@H](C)NC(=O)[C@@H](N)CC(N)=O)C(=O)N[C@@H](CCCN=C(N)N)C(=O)N[C@@H](CCCN=C(N)N)C(=O)O. The van der Waals surface area contributed by atoms with E-state index in [9.17, 15) is 43.8 Å². The van der Waals surface area contributed by atoms with Gasteiger partial charge in [0.25, 0.3) is 0 Å². The normalized spacial score (nSPS) is 14.0. The van der Waals surface area contributed by atoms with Crippen LogP contribution in [0.3, 0.4) is 0 Å². The van der Waals surface area contributed by atoms with Crippen LogP contribution in [-0.4, -0.2) is 113 Å². The molecule has 53 heavy (non-hydrogen) atoms. The van der Waals surface area contributed by atoms with E-state index in [-0.39, 0.29) is 62.9 Å². The summed E-state index contributed by atoms with van der Waals surface area (Å²) in [6.45, 7) is 2.83. The van der Waals surface area contributed by atoms with Gasteiger partial charge in [-0.25, -0.2) is 4.79 Å². The molecule has 0 spiro atoms. The summed E-state index contributed by atoms with van der Waals surface area (Å²) >= 11 is 0. The first-order valence-corrected chi connectivity index (χ1v) is 16.5. The molecule has 22 nitrogen and oxygen atoms in total. The Bertz CT molecular complexity index is 1500. The van der Waals surface area contributed by atoms with Crippen LogP contribution in [0, 0.1) is 0 Å². The molecule has 1 rings (SSSR count). The van der Waals surface area contributed by atoms with E-state index in [1.165, 1.54) is 38.1 Å². The minimum atomic E-state index is -1.35. The van der Waals surface area contributed by atoms with Crippen LogP contribution in [0.15, 0.2) is 34.3 Å². The van der Waals surface area contributed by atoms with E-state index in [1.807, 2.05) is 0 Å².